The topological polar surface area (TPSA) is 310 Å². The summed E-state index contributed by atoms with van der Waals surface area (Å²) in [7, 11) is 0. The van der Waals surface area contributed by atoms with Gasteiger partial charge in [-0.1, -0.05) is 0 Å². The second-order valence-corrected chi connectivity index (χ2v) is 4.15. The number of rotatable bonds is 3. The van der Waals surface area contributed by atoms with E-state index in [1.807, 2.05) is 0 Å². The molecule has 0 rings (SSSR count). The van der Waals surface area contributed by atoms with Crippen LogP contribution in [0.3, 0.4) is 0 Å². The number of carbonyl (C=O) groups excluding carboxylic acids is 3. The SMILES string of the molecule is NCC(=O)O.NCC(=O)O.NCC(=O)O.O=C([O-])C(F)(F)F.O=C([O-])C(F)(F)F.O=C([O-])C(F)(F)F.[Co+3]. The van der Waals surface area contributed by atoms with Gasteiger partial charge in [-0.2, -0.15) is 39.5 Å². The van der Waals surface area contributed by atoms with E-state index >= 15 is 0 Å². The van der Waals surface area contributed by atoms with E-state index in [0.717, 1.165) is 0 Å². The number of halogens is 9. The predicted octanol–water partition coefficient (Wildman–Crippen LogP) is -5.02. The molecule has 0 bridgehead atoms. The van der Waals surface area contributed by atoms with E-state index in [2.05, 4.69) is 17.2 Å². The van der Waals surface area contributed by atoms with Gasteiger partial charge in [0, 0.05) is 0 Å². The Hall–Kier alpha value is -3.42. The summed E-state index contributed by atoms with van der Waals surface area (Å²) in [6.45, 7) is -0.833. The quantitative estimate of drug-likeness (QED) is 0.160. The Morgan fingerprint density at radius 3 is 0.541 bits per heavy atom. The van der Waals surface area contributed by atoms with Crippen LogP contribution in [-0.2, 0) is 45.5 Å². The summed E-state index contributed by atoms with van der Waals surface area (Å²) in [5, 5.41) is 49.1. The molecule has 25 heteroatoms. The molecule has 0 aromatic carbocycles. The van der Waals surface area contributed by atoms with E-state index in [4.69, 9.17) is 45.0 Å². The molecule has 0 aromatic rings. The Morgan fingerprint density at radius 2 is 0.541 bits per heavy atom. The molecule has 0 aliphatic rings. The van der Waals surface area contributed by atoms with Crippen LogP contribution >= 0.6 is 0 Å². The van der Waals surface area contributed by atoms with E-state index in [9.17, 15) is 53.9 Å². The van der Waals surface area contributed by atoms with Gasteiger partial charge in [0.25, 0.3) is 0 Å². The Balaban J connectivity index is -0.0000000585. The average molecular weight is 623 g/mol. The minimum absolute atomic E-state index is 0. The van der Waals surface area contributed by atoms with Crippen LogP contribution in [0, 0.1) is 0 Å². The molecule has 0 saturated carbocycles. The van der Waals surface area contributed by atoms with Gasteiger partial charge >= 0.3 is 53.2 Å². The minimum Gasteiger partial charge on any atom is -0.542 e. The molecule has 0 saturated heterocycles. The summed E-state index contributed by atoms with van der Waals surface area (Å²) in [6, 6.07) is 0. The first-order valence-corrected chi connectivity index (χ1v) is 7.24. The van der Waals surface area contributed by atoms with Gasteiger partial charge in [0.15, 0.2) is 0 Å². The van der Waals surface area contributed by atoms with Gasteiger partial charge < -0.3 is 62.2 Å². The molecule has 0 aliphatic carbocycles. The summed E-state index contributed by atoms with van der Waals surface area (Å²) < 4.78 is 94.6. The number of hydrogen-bond donors (Lipinski definition) is 6. The normalized spacial score (nSPS) is 9.41. The van der Waals surface area contributed by atoms with Crippen molar-refractivity contribution < 1.29 is 116 Å². The van der Waals surface area contributed by atoms with Gasteiger partial charge in [0.2, 0.25) is 0 Å². The maximum atomic E-state index is 10.5. The third-order valence-electron chi connectivity index (χ3n) is 1.22. The molecule has 0 atom stereocenters. The van der Waals surface area contributed by atoms with Gasteiger partial charge in [0.1, 0.15) is 17.9 Å². The fourth-order valence-electron chi connectivity index (χ4n) is 0. The maximum absolute atomic E-state index is 10.5. The van der Waals surface area contributed by atoms with E-state index in [0.29, 0.717) is 0 Å². The second-order valence-electron chi connectivity index (χ2n) is 4.15. The van der Waals surface area contributed by atoms with E-state index in [1.54, 1.807) is 0 Å². The first-order chi connectivity index (χ1) is 15.6. The molecule has 0 aliphatic heterocycles. The van der Waals surface area contributed by atoms with Gasteiger partial charge in [-0.25, -0.2) is 0 Å². The van der Waals surface area contributed by atoms with E-state index in [-0.39, 0.29) is 36.4 Å². The standard InChI is InChI=1S/3C2HF3O2.3C2H5NO2.Co/c3*3-2(4,5)1(6)7;3*3-1-2(4)5;/h3*(H,6,7);3*1,3H2,(H,4,5);/q;;;;;;+3/p-3. The molecule has 0 amide bonds. The van der Waals surface area contributed by atoms with Gasteiger partial charge in [-0.15, -0.1) is 0 Å². The smallest absolute Gasteiger partial charge is 0.542 e. The van der Waals surface area contributed by atoms with Gasteiger partial charge in [0.05, 0.1) is 19.6 Å². The fourth-order valence-corrected chi connectivity index (χ4v) is 0. The summed E-state index contributed by atoms with van der Waals surface area (Å²) in [6.07, 6.45) is -15.6. The monoisotopic (exact) mass is 623 g/mol. The van der Waals surface area contributed by atoms with Crippen LogP contribution in [-0.4, -0.2) is 89.3 Å². The van der Waals surface area contributed by atoms with Crippen LogP contribution in [0.15, 0.2) is 0 Å². The molecule has 0 aromatic heterocycles. The van der Waals surface area contributed by atoms with Crippen molar-refractivity contribution in [1.29, 1.82) is 0 Å². The van der Waals surface area contributed by atoms with Crippen LogP contribution in [0.5, 0.6) is 0 Å². The second kappa shape index (κ2) is 25.7. The van der Waals surface area contributed by atoms with Gasteiger partial charge in [-0.3, -0.25) is 14.4 Å². The fraction of sp³-hybridized carbons (Fsp3) is 0.500. The summed E-state index contributed by atoms with van der Waals surface area (Å²) in [4.78, 5) is 54.1. The molecule has 15 nitrogen and oxygen atoms in total. The van der Waals surface area contributed by atoms with Crippen molar-refractivity contribution in [3.63, 3.8) is 0 Å². The van der Waals surface area contributed by atoms with Gasteiger partial charge in [-0.05, 0) is 0 Å². The van der Waals surface area contributed by atoms with Crippen LogP contribution in [0.2, 0.25) is 0 Å². The van der Waals surface area contributed by atoms with Crippen molar-refractivity contribution in [2.75, 3.05) is 19.6 Å². The average Bonchev–Trinajstić information content (AvgIpc) is 2.67. The van der Waals surface area contributed by atoms with Crippen molar-refractivity contribution in [3.05, 3.63) is 0 Å². The molecule has 0 unspecified atom stereocenters. The zero-order valence-electron chi connectivity index (χ0n) is 17.1. The minimum atomic E-state index is -5.19. The molecule has 0 spiro atoms. The number of carboxylic acid groups (broad SMARTS) is 6. The third kappa shape index (κ3) is 71.9. The molecule has 0 heterocycles. The summed E-state index contributed by atoms with van der Waals surface area (Å²) >= 11 is 0. The zero-order chi connectivity index (χ0) is 31.1. The number of aliphatic carboxylic acids is 6. The zero-order valence-corrected chi connectivity index (χ0v) is 18.1. The summed E-state index contributed by atoms with van der Waals surface area (Å²) in [5.74, 6) is -11.9. The predicted molar refractivity (Wildman–Crippen MR) is 83.3 cm³/mol. The Bertz CT molecular complexity index is 596. The van der Waals surface area contributed by atoms with Crippen molar-refractivity contribution in [2.24, 2.45) is 17.2 Å². The Morgan fingerprint density at radius 1 is 0.486 bits per heavy atom. The number of hydrogen-bond acceptors (Lipinski definition) is 12. The van der Waals surface area contributed by atoms with Crippen LogP contribution < -0.4 is 32.5 Å². The number of alkyl halides is 9. The third-order valence-corrected chi connectivity index (χ3v) is 1.22. The Labute approximate surface area is 207 Å². The van der Waals surface area contributed by atoms with Crippen molar-refractivity contribution >= 4 is 35.8 Å². The van der Waals surface area contributed by atoms with Crippen molar-refractivity contribution in [1.82, 2.24) is 0 Å². The first kappa shape index (κ1) is 50.4. The number of carboxylic acids is 6. The molecular formula is C12H15CoF9N3O12. The van der Waals surface area contributed by atoms with E-state index in [1.165, 1.54) is 0 Å². The Kier molecular flexibility index (Phi) is 35.0. The molecule has 222 valence electrons. The molecular weight excluding hydrogens is 608 g/mol. The first-order valence-electron chi connectivity index (χ1n) is 7.24. The largest absolute Gasteiger partial charge is 3.00 e. The molecule has 0 radical (unpaired) electrons. The van der Waals surface area contributed by atoms with Crippen molar-refractivity contribution in [2.45, 2.75) is 18.5 Å². The molecule has 9 N–H and O–H groups in total. The number of carbonyl (C=O) groups is 6. The van der Waals surface area contributed by atoms with Crippen LogP contribution in [0.25, 0.3) is 0 Å². The molecule has 37 heavy (non-hydrogen) atoms. The summed E-state index contributed by atoms with van der Waals surface area (Å²) in [5.41, 5.74) is 13.7. The van der Waals surface area contributed by atoms with Crippen LogP contribution in [0.4, 0.5) is 39.5 Å². The van der Waals surface area contributed by atoms with Crippen LogP contribution in [0.1, 0.15) is 0 Å². The number of nitrogens with two attached hydrogens (primary N) is 3. The van der Waals surface area contributed by atoms with E-state index < -0.39 is 54.3 Å². The molecule has 0 fully saturated rings. The maximum Gasteiger partial charge on any atom is 3.00 e. The van der Waals surface area contributed by atoms with Crippen molar-refractivity contribution in [3.8, 4) is 0 Å².